The third kappa shape index (κ3) is 4.34. The molecule has 2 aromatic carbocycles. The van der Waals surface area contributed by atoms with Crippen molar-refractivity contribution in [2.45, 2.75) is 20.8 Å². The molecule has 0 spiro atoms. The molecule has 0 aliphatic rings. The number of carbonyl (C=O) groups is 2. The summed E-state index contributed by atoms with van der Waals surface area (Å²) in [7, 11) is 1.75. The van der Waals surface area contributed by atoms with E-state index in [2.05, 4.69) is 28.4 Å². The Morgan fingerprint density at radius 1 is 1.10 bits per heavy atom. The number of aromatic nitrogens is 3. The second kappa shape index (κ2) is 8.31. The maximum Gasteiger partial charge on any atom is 0.342 e. The Hall–Kier alpha value is -3.52. The van der Waals surface area contributed by atoms with Gasteiger partial charge in [0, 0.05) is 24.0 Å². The van der Waals surface area contributed by atoms with E-state index in [1.807, 2.05) is 36.4 Å². The van der Waals surface area contributed by atoms with E-state index >= 15 is 0 Å². The van der Waals surface area contributed by atoms with Crippen molar-refractivity contribution in [3.8, 4) is 10.6 Å². The number of thiazole rings is 1. The lowest BCUT2D eigenvalue weighted by Gasteiger charge is -2.07. The molecule has 0 radical (unpaired) electrons. The van der Waals surface area contributed by atoms with Crippen molar-refractivity contribution < 1.29 is 14.3 Å². The van der Waals surface area contributed by atoms with Crippen molar-refractivity contribution in [2.75, 3.05) is 11.9 Å². The maximum atomic E-state index is 12.3. The number of hydrogen-bond acceptors (Lipinski definition) is 6. The van der Waals surface area contributed by atoms with Gasteiger partial charge in [0.2, 0.25) is 0 Å². The van der Waals surface area contributed by atoms with Gasteiger partial charge in [-0.2, -0.15) is 5.10 Å². The van der Waals surface area contributed by atoms with Gasteiger partial charge in [-0.05, 0) is 62.7 Å². The molecule has 0 fully saturated rings. The van der Waals surface area contributed by atoms with Crippen LogP contribution in [0.1, 0.15) is 27.3 Å². The molecule has 8 heteroatoms. The van der Waals surface area contributed by atoms with Crippen molar-refractivity contribution in [3.05, 3.63) is 65.0 Å². The zero-order chi connectivity index (χ0) is 22.1. The number of nitrogens with one attached hydrogen (secondary N) is 1. The van der Waals surface area contributed by atoms with Gasteiger partial charge in [0.25, 0.3) is 5.91 Å². The van der Waals surface area contributed by atoms with E-state index in [0.29, 0.717) is 22.6 Å². The highest BCUT2D eigenvalue weighted by Crippen LogP contribution is 2.31. The van der Waals surface area contributed by atoms with Crippen molar-refractivity contribution in [1.82, 2.24) is 14.8 Å². The zero-order valence-corrected chi connectivity index (χ0v) is 18.5. The molecule has 4 aromatic rings. The number of rotatable bonds is 5. The largest absolute Gasteiger partial charge is 0.452 e. The number of carbonyl (C=O) groups excluding carboxylic acids is 2. The number of anilines is 1. The van der Waals surface area contributed by atoms with E-state index in [9.17, 15) is 9.59 Å². The van der Waals surface area contributed by atoms with Gasteiger partial charge >= 0.3 is 5.97 Å². The Balaban J connectivity index is 1.38. The molecule has 0 bridgehead atoms. The molecule has 7 nitrogen and oxygen atoms in total. The van der Waals surface area contributed by atoms with E-state index in [4.69, 9.17) is 4.74 Å². The van der Waals surface area contributed by atoms with Crippen LogP contribution in [0.2, 0.25) is 0 Å². The zero-order valence-electron chi connectivity index (χ0n) is 17.7. The van der Waals surface area contributed by atoms with Crippen LogP contribution in [0, 0.1) is 20.8 Å². The Labute approximate surface area is 183 Å². The van der Waals surface area contributed by atoms with Gasteiger partial charge in [-0.25, -0.2) is 9.78 Å². The maximum absolute atomic E-state index is 12.3. The molecular formula is C23H22N4O3S. The van der Waals surface area contributed by atoms with Crippen molar-refractivity contribution in [2.24, 2.45) is 7.05 Å². The normalized spacial score (nSPS) is 11.0. The molecule has 1 amide bonds. The van der Waals surface area contributed by atoms with Gasteiger partial charge in [0.05, 0.1) is 15.9 Å². The van der Waals surface area contributed by atoms with Gasteiger partial charge in [0.1, 0.15) is 10.6 Å². The highest BCUT2D eigenvalue weighted by Gasteiger charge is 2.19. The van der Waals surface area contributed by atoms with Crippen LogP contribution >= 0.6 is 11.3 Å². The first-order valence-corrected chi connectivity index (χ1v) is 10.6. The van der Waals surface area contributed by atoms with E-state index in [-0.39, 0.29) is 6.61 Å². The van der Waals surface area contributed by atoms with E-state index in [0.717, 1.165) is 20.8 Å². The molecule has 0 saturated carbocycles. The quantitative estimate of drug-likeness (QED) is 0.470. The smallest absolute Gasteiger partial charge is 0.342 e. The van der Waals surface area contributed by atoms with Gasteiger partial charge in [-0.15, -0.1) is 11.3 Å². The van der Waals surface area contributed by atoms with Crippen LogP contribution in [0.15, 0.2) is 42.5 Å². The lowest BCUT2D eigenvalue weighted by atomic mass is 10.2. The minimum atomic E-state index is -0.556. The number of esters is 1. The SMILES string of the molecule is Cc1ccc2nc(-c3ccc(NC(=O)COC(=O)c4c(C)nn(C)c4C)cc3)sc2c1. The Morgan fingerprint density at radius 2 is 1.84 bits per heavy atom. The number of hydrogen-bond donors (Lipinski definition) is 1. The Bertz CT molecular complexity index is 1290. The first-order chi connectivity index (χ1) is 14.8. The van der Waals surface area contributed by atoms with Gasteiger partial charge in [0.15, 0.2) is 6.61 Å². The fourth-order valence-corrected chi connectivity index (χ4v) is 4.39. The van der Waals surface area contributed by atoms with E-state index in [1.54, 1.807) is 36.9 Å². The molecular weight excluding hydrogens is 412 g/mol. The first kappa shape index (κ1) is 20.7. The highest BCUT2D eigenvalue weighted by atomic mass is 32.1. The minimum absolute atomic E-state index is 0.369. The number of aryl methyl sites for hydroxylation is 3. The van der Waals surface area contributed by atoms with E-state index < -0.39 is 11.9 Å². The second-order valence-electron chi connectivity index (χ2n) is 7.36. The van der Waals surface area contributed by atoms with Crippen molar-refractivity contribution >= 4 is 39.1 Å². The summed E-state index contributed by atoms with van der Waals surface area (Å²) in [5.74, 6) is -0.963. The van der Waals surface area contributed by atoms with Crippen LogP contribution < -0.4 is 5.32 Å². The lowest BCUT2D eigenvalue weighted by molar-refractivity contribution is -0.119. The number of amides is 1. The molecule has 0 unspecified atom stereocenters. The minimum Gasteiger partial charge on any atom is -0.452 e. The average Bonchev–Trinajstić information content (AvgIpc) is 3.26. The Morgan fingerprint density at radius 3 is 2.52 bits per heavy atom. The fourth-order valence-electron chi connectivity index (χ4n) is 3.32. The van der Waals surface area contributed by atoms with Crippen molar-refractivity contribution in [1.29, 1.82) is 0 Å². The van der Waals surface area contributed by atoms with Gasteiger partial charge in [-0.3, -0.25) is 9.48 Å². The summed E-state index contributed by atoms with van der Waals surface area (Å²) in [5, 5.41) is 7.86. The van der Waals surface area contributed by atoms with Crippen LogP contribution in [0.4, 0.5) is 5.69 Å². The summed E-state index contributed by atoms with van der Waals surface area (Å²) < 4.78 is 7.92. The second-order valence-corrected chi connectivity index (χ2v) is 8.39. The van der Waals surface area contributed by atoms with Gasteiger partial charge < -0.3 is 10.1 Å². The summed E-state index contributed by atoms with van der Waals surface area (Å²) in [5.41, 5.74) is 5.45. The molecule has 0 atom stereocenters. The molecule has 31 heavy (non-hydrogen) atoms. The lowest BCUT2D eigenvalue weighted by Crippen LogP contribution is -2.21. The summed E-state index contributed by atoms with van der Waals surface area (Å²) >= 11 is 1.63. The number of ether oxygens (including phenoxy) is 1. The predicted molar refractivity (Wildman–Crippen MR) is 121 cm³/mol. The third-order valence-corrected chi connectivity index (χ3v) is 6.07. The number of benzene rings is 2. The molecule has 4 rings (SSSR count). The monoisotopic (exact) mass is 434 g/mol. The van der Waals surface area contributed by atoms with Crippen LogP contribution in [-0.4, -0.2) is 33.2 Å². The van der Waals surface area contributed by atoms with Crippen molar-refractivity contribution in [3.63, 3.8) is 0 Å². The van der Waals surface area contributed by atoms with Crippen LogP contribution in [0.25, 0.3) is 20.8 Å². The Kier molecular flexibility index (Phi) is 5.56. The van der Waals surface area contributed by atoms with Gasteiger partial charge in [-0.1, -0.05) is 6.07 Å². The molecule has 158 valence electrons. The van der Waals surface area contributed by atoms with Crippen LogP contribution in [0.3, 0.4) is 0 Å². The third-order valence-electron chi connectivity index (χ3n) is 5.01. The van der Waals surface area contributed by atoms with Crippen LogP contribution in [0.5, 0.6) is 0 Å². The fraction of sp³-hybridized carbons (Fsp3) is 0.217. The predicted octanol–water partition coefficient (Wildman–Crippen LogP) is 4.42. The molecule has 0 aliphatic heterocycles. The summed E-state index contributed by atoms with van der Waals surface area (Å²) in [4.78, 5) is 29.2. The highest BCUT2D eigenvalue weighted by molar-refractivity contribution is 7.21. The average molecular weight is 435 g/mol. The van der Waals surface area contributed by atoms with Crippen LogP contribution in [-0.2, 0) is 16.6 Å². The topological polar surface area (TPSA) is 86.1 Å². The molecule has 2 heterocycles. The number of fused-ring (bicyclic) bond motifs is 1. The number of nitrogens with zero attached hydrogens (tertiary/aromatic N) is 3. The summed E-state index contributed by atoms with van der Waals surface area (Å²) in [6, 6.07) is 13.6. The molecule has 0 aliphatic carbocycles. The first-order valence-electron chi connectivity index (χ1n) is 9.76. The summed E-state index contributed by atoms with van der Waals surface area (Å²) in [6.45, 7) is 5.21. The van der Waals surface area contributed by atoms with E-state index in [1.165, 1.54) is 5.56 Å². The standard InChI is InChI=1S/C23H22N4O3S/c1-13-5-10-18-19(11-13)31-22(25-18)16-6-8-17(9-7-16)24-20(28)12-30-23(29)21-14(2)26-27(4)15(21)3/h5-11H,12H2,1-4H3,(H,24,28). The molecule has 2 aromatic heterocycles. The molecule has 0 saturated heterocycles. The molecule has 1 N–H and O–H groups in total. The summed E-state index contributed by atoms with van der Waals surface area (Å²) in [6.07, 6.45) is 0.